The first-order chi connectivity index (χ1) is 18.0. The maximum Gasteiger partial charge on any atom is 0.335 e. The van der Waals surface area contributed by atoms with Crippen molar-refractivity contribution in [2.45, 2.75) is 5.41 Å². The van der Waals surface area contributed by atoms with Crippen molar-refractivity contribution in [2.24, 2.45) is 0 Å². The topological polar surface area (TPSA) is 69.7 Å². The first-order valence-corrected chi connectivity index (χ1v) is 11.6. The Morgan fingerprint density at radius 3 is 1.35 bits per heavy atom. The first-order valence-electron chi connectivity index (χ1n) is 11.6. The third-order valence-electron chi connectivity index (χ3n) is 6.50. The molecule has 0 N–H and O–H groups in total. The van der Waals surface area contributed by atoms with E-state index < -0.39 is 17.4 Å². The summed E-state index contributed by atoms with van der Waals surface area (Å²) in [5.74, 6) is -0.389. The molecule has 0 aliphatic heterocycles. The molecule has 0 saturated carbocycles. The van der Waals surface area contributed by atoms with E-state index >= 15 is 0 Å². The largest absolute Gasteiger partial charge is 0.423 e. The fourth-order valence-corrected chi connectivity index (χ4v) is 4.96. The van der Waals surface area contributed by atoms with E-state index in [-0.39, 0.29) is 5.78 Å². The molecule has 0 heterocycles. The number of ketones is 1. The summed E-state index contributed by atoms with van der Waals surface area (Å²) < 4.78 is 10.6. The predicted octanol–water partition coefficient (Wildman–Crippen LogP) is 5.80. The van der Waals surface area contributed by atoms with Crippen LogP contribution >= 0.6 is 0 Å². The van der Waals surface area contributed by atoms with Crippen LogP contribution in [0.25, 0.3) is 0 Å². The van der Waals surface area contributed by atoms with Crippen molar-refractivity contribution in [1.29, 1.82) is 0 Å². The molecule has 1 aliphatic carbocycles. The molecule has 5 rings (SSSR count). The molecule has 5 heteroatoms. The van der Waals surface area contributed by atoms with E-state index in [1.54, 1.807) is 24.3 Å². The van der Waals surface area contributed by atoms with Crippen molar-refractivity contribution in [3.63, 3.8) is 0 Å². The van der Waals surface area contributed by atoms with Gasteiger partial charge in [-0.2, -0.15) is 0 Å². The number of rotatable bonds is 6. The van der Waals surface area contributed by atoms with E-state index in [1.807, 2.05) is 72.8 Å². The van der Waals surface area contributed by atoms with Crippen molar-refractivity contribution < 1.29 is 23.9 Å². The lowest BCUT2D eigenvalue weighted by Gasteiger charge is -2.41. The molecule has 0 fully saturated rings. The lowest BCUT2D eigenvalue weighted by molar-refractivity contribution is -0.129. The van der Waals surface area contributed by atoms with Gasteiger partial charge in [-0.3, -0.25) is 4.79 Å². The van der Waals surface area contributed by atoms with E-state index in [4.69, 9.17) is 9.47 Å². The third-order valence-corrected chi connectivity index (χ3v) is 6.50. The van der Waals surface area contributed by atoms with E-state index in [2.05, 4.69) is 13.2 Å². The summed E-state index contributed by atoms with van der Waals surface area (Å²) in [6.45, 7) is 6.89. The Morgan fingerprint density at radius 1 is 0.595 bits per heavy atom. The molecule has 0 saturated heterocycles. The van der Waals surface area contributed by atoms with Gasteiger partial charge in [0.25, 0.3) is 0 Å². The Morgan fingerprint density at radius 2 is 0.973 bits per heavy atom. The number of hydrogen-bond donors (Lipinski definition) is 0. The minimum Gasteiger partial charge on any atom is -0.423 e. The smallest absolute Gasteiger partial charge is 0.335 e. The molecule has 180 valence electrons. The number of carbonyl (C=O) groups is 3. The molecule has 0 amide bonds. The predicted molar refractivity (Wildman–Crippen MR) is 140 cm³/mol. The van der Waals surface area contributed by atoms with E-state index in [9.17, 15) is 14.4 Å². The summed E-state index contributed by atoms with van der Waals surface area (Å²) in [5, 5.41) is 0. The van der Waals surface area contributed by atoms with Gasteiger partial charge in [-0.25, -0.2) is 9.59 Å². The standard InChI is InChI=1S/C32H22O5/c1-3-29(33)36-23-17-13-21(14-18-23)32(22-15-19-24(20-16-22)37-30(34)4-2)27-11-7-5-9-25(27)31(35)26-10-6-8-12-28(26)32/h3-20H,1-2H2. The molecule has 0 spiro atoms. The Hall–Kier alpha value is -5.03. The molecular formula is C32H22O5. The number of hydrogen-bond acceptors (Lipinski definition) is 5. The van der Waals surface area contributed by atoms with Crippen LogP contribution in [0.4, 0.5) is 0 Å². The fourth-order valence-electron chi connectivity index (χ4n) is 4.96. The Bertz CT molecular complexity index is 1430. The summed E-state index contributed by atoms with van der Waals surface area (Å²) in [4.78, 5) is 37.0. The molecule has 0 bridgehead atoms. The van der Waals surface area contributed by atoms with Gasteiger partial charge in [-0.05, 0) is 46.5 Å². The lowest BCUT2D eigenvalue weighted by Crippen LogP contribution is -2.38. The summed E-state index contributed by atoms with van der Waals surface area (Å²) in [6, 6.07) is 29.6. The molecule has 4 aromatic carbocycles. The summed E-state index contributed by atoms with van der Waals surface area (Å²) in [6.07, 6.45) is 2.21. The van der Waals surface area contributed by atoms with Crippen LogP contribution in [0.2, 0.25) is 0 Å². The van der Waals surface area contributed by atoms with Gasteiger partial charge in [0.2, 0.25) is 0 Å². The Labute approximate surface area is 214 Å². The molecular weight excluding hydrogens is 464 g/mol. The van der Waals surface area contributed by atoms with Crippen LogP contribution in [0.15, 0.2) is 122 Å². The normalized spacial score (nSPS) is 13.0. The van der Waals surface area contributed by atoms with Crippen LogP contribution in [0.1, 0.15) is 38.2 Å². The highest BCUT2D eigenvalue weighted by atomic mass is 16.5. The van der Waals surface area contributed by atoms with Gasteiger partial charge in [0, 0.05) is 23.3 Å². The van der Waals surface area contributed by atoms with Gasteiger partial charge in [0.15, 0.2) is 5.78 Å². The van der Waals surface area contributed by atoms with Gasteiger partial charge < -0.3 is 9.47 Å². The summed E-state index contributed by atoms with van der Waals surface area (Å²) in [5.41, 5.74) is 3.72. The quantitative estimate of drug-likeness (QED) is 0.172. The van der Waals surface area contributed by atoms with Crippen LogP contribution in [0.3, 0.4) is 0 Å². The Balaban J connectivity index is 1.78. The molecule has 0 aromatic heterocycles. The number of fused-ring (bicyclic) bond motifs is 2. The van der Waals surface area contributed by atoms with Crippen molar-refractivity contribution >= 4 is 17.7 Å². The molecule has 0 radical (unpaired) electrons. The van der Waals surface area contributed by atoms with Crippen molar-refractivity contribution in [3.05, 3.63) is 156 Å². The molecule has 1 aliphatic rings. The first kappa shape index (κ1) is 23.7. The number of esters is 2. The summed E-state index contributed by atoms with van der Waals surface area (Å²) >= 11 is 0. The summed E-state index contributed by atoms with van der Waals surface area (Å²) in [7, 11) is 0. The monoisotopic (exact) mass is 486 g/mol. The van der Waals surface area contributed by atoms with Gasteiger partial charge in [0.1, 0.15) is 11.5 Å². The van der Waals surface area contributed by atoms with E-state index in [1.165, 1.54) is 0 Å². The molecule has 5 nitrogen and oxygen atoms in total. The molecule has 0 unspecified atom stereocenters. The van der Waals surface area contributed by atoms with Gasteiger partial charge >= 0.3 is 11.9 Å². The van der Waals surface area contributed by atoms with Crippen molar-refractivity contribution in [2.75, 3.05) is 0 Å². The molecule has 0 atom stereocenters. The van der Waals surface area contributed by atoms with Crippen LogP contribution in [0.5, 0.6) is 11.5 Å². The lowest BCUT2D eigenvalue weighted by atomic mass is 9.59. The highest BCUT2D eigenvalue weighted by Crippen LogP contribution is 2.51. The molecule has 4 aromatic rings. The third kappa shape index (κ3) is 3.96. The van der Waals surface area contributed by atoms with Crippen LogP contribution in [0, 0.1) is 0 Å². The number of ether oxygens (including phenoxy) is 2. The second kappa shape index (κ2) is 9.55. The SMILES string of the molecule is C=CC(=O)Oc1ccc(C2(c3ccc(OC(=O)C=C)cc3)c3ccccc3C(=O)c3ccccc32)cc1. The van der Waals surface area contributed by atoms with Crippen LogP contribution in [-0.4, -0.2) is 17.7 Å². The average molecular weight is 487 g/mol. The minimum atomic E-state index is -0.872. The van der Waals surface area contributed by atoms with Crippen molar-refractivity contribution in [1.82, 2.24) is 0 Å². The zero-order valence-electron chi connectivity index (χ0n) is 19.8. The highest BCUT2D eigenvalue weighted by Gasteiger charge is 2.46. The average Bonchev–Trinajstić information content (AvgIpc) is 2.95. The zero-order chi connectivity index (χ0) is 26.0. The van der Waals surface area contributed by atoms with E-state index in [0.29, 0.717) is 22.6 Å². The van der Waals surface area contributed by atoms with E-state index in [0.717, 1.165) is 34.4 Å². The second-order valence-corrected chi connectivity index (χ2v) is 8.47. The van der Waals surface area contributed by atoms with Gasteiger partial charge in [0.05, 0.1) is 5.41 Å². The van der Waals surface area contributed by atoms with Crippen molar-refractivity contribution in [3.8, 4) is 11.5 Å². The van der Waals surface area contributed by atoms with Gasteiger partial charge in [-0.1, -0.05) is 86.0 Å². The highest BCUT2D eigenvalue weighted by molar-refractivity contribution is 6.14. The minimum absolute atomic E-state index is 0.0464. The number of carbonyl (C=O) groups excluding carboxylic acids is 3. The zero-order valence-corrected chi connectivity index (χ0v) is 19.8. The maximum atomic E-state index is 13.5. The van der Waals surface area contributed by atoms with Gasteiger partial charge in [-0.15, -0.1) is 0 Å². The molecule has 37 heavy (non-hydrogen) atoms. The Kier molecular flexibility index (Phi) is 6.12. The van der Waals surface area contributed by atoms with Crippen LogP contribution < -0.4 is 9.47 Å². The fraction of sp³-hybridized carbons (Fsp3) is 0.0312. The maximum absolute atomic E-state index is 13.5. The van der Waals surface area contributed by atoms with Crippen LogP contribution in [-0.2, 0) is 15.0 Å². The number of benzene rings is 4. The second-order valence-electron chi connectivity index (χ2n) is 8.47.